The van der Waals surface area contributed by atoms with Gasteiger partial charge < -0.3 is 25.3 Å². The van der Waals surface area contributed by atoms with Gasteiger partial charge in [0.15, 0.2) is 0 Å². The third-order valence-corrected chi connectivity index (χ3v) is 4.92. The Balaban J connectivity index is 2.81. The summed E-state index contributed by atoms with van der Waals surface area (Å²) in [7, 11) is 0. The van der Waals surface area contributed by atoms with E-state index in [-0.39, 0.29) is 19.6 Å². The Bertz CT molecular complexity index is 647. The number of aliphatic hydroxyl groups excluding tert-OH is 1. The van der Waals surface area contributed by atoms with E-state index in [1.54, 1.807) is 0 Å². The highest BCUT2D eigenvalue weighted by atomic mass is 16.7. The van der Waals surface area contributed by atoms with Crippen molar-refractivity contribution in [1.29, 1.82) is 0 Å². The van der Waals surface area contributed by atoms with Crippen molar-refractivity contribution in [1.82, 2.24) is 14.9 Å². The van der Waals surface area contributed by atoms with Crippen molar-refractivity contribution in [2.24, 2.45) is 0 Å². The smallest absolute Gasteiger partial charge is 0.339 e. The number of carbonyl (C=O) groups is 4. The first kappa shape index (κ1) is 26.8. The number of carbonyl (C=O) groups excluding carboxylic acids is 1. The maximum absolute atomic E-state index is 12.6. The average Bonchev–Trinajstić information content (AvgIpc) is 2.53. The van der Waals surface area contributed by atoms with Crippen LogP contribution in [0.15, 0.2) is 0 Å². The molecule has 0 saturated carbocycles. The Kier molecular flexibility index (Phi) is 9.36. The average molecular weight is 447 g/mol. The molecule has 0 aromatic rings. The highest BCUT2D eigenvalue weighted by molar-refractivity contribution is 5.74. The van der Waals surface area contributed by atoms with Gasteiger partial charge in [0.25, 0.3) is 0 Å². The van der Waals surface area contributed by atoms with Crippen LogP contribution in [0.3, 0.4) is 0 Å². The zero-order valence-corrected chi connectivity index (χ0v) is 18.4. The summed E-state index contributed by atoms with van der Waals surface area (Å²) in [6.45, 7) is 5.25. The molecule has 12 nitrogen and oxygen atoms in total. The van der Waals surface area contributed by atoms with Crippen molar-refractivity contribution < 1.29 is 44.4 Å². The van der Waals surface area contributed by atoms with Crippen LogP contribution in [0.1, 0.15) is 40.5 Å². The summed E-state index contributed by atoms with van der Waals surface area (Å²) < 4.78 is 0. The molecule has 1 saturated heterocycles. The fraction of sp³-hybridized carbons (Fsp3) is 0.789. The van der Waals surface area contributed by atoms with Gasteiger partial charge in [0.05, 0.1) is 43.4 Å². The molecule has 1 aliphatic heterocycles. The van der Waals surface area contributed by atoms with E-state index in [9.17, 15) is 24.3 Å². The topological polar surface area (TPSA) is 168 Å². The second-order valence-corrected chi connectivity index (χ2v) is 9.05. The molecule has 0 atom stereocenters. The van der Waals surface area contributed by atoms with E-state index in [1.165, 1.54) is 9.96 Å². The van der Waals surface area contributed by atoms with Crippen LogP contribution < -0.4 is 0 Å². The lowest BCUT2D eigenvalue weighted by molar-refractivity contribution is -0.276. The van der Waals surface area contributed by atoms with Crippen molar-refractivity contribution in [3.8, 4) is 0 Å². The van der Waals surface area contributed by atoms with Crippen LogP contribution in [0.4, 0.5) is 0 Å². The largest absolute Gasteiger partial charge is 0.480 e. The van der Waals surface area contributed by atoms with Crippen LogP contribution in [0.2, 0.25) is 0 Å². The quantitative estimate of drug-likeness (QED) is 0.298. The Hall–Kier alpha value is -2.28. The maximum Gasteiger partial charge on any atom is 0.339 e. The zero-order chi connectivity index (χ0) is 24.0. The molecule has 0 aromatic carbocycles. The molecule has 1 fully saturated rings. The first-order valence-electron chi connectivity index (χ1n) is 9.91. The molecule has 0 bridgehead atoms. The van der Waals surface area contributed by atoms with Gasteiger partial charge in [0.1, 0.15) is 0 Å². The SMILES string of the molecule is CC1(C)CC(O)CC(C)(C)N1OC(=O)CN(CCN(CC(=O)O)CC(=O)O)CC(=O)O. The first-order chi connectivity index (χ1) is 14.1. The summed E-state index contributed by atoms with van der Waals surface area (Å²) >= 11 is 0. The molecule has 1 heterocycles. The van der Waals surface area contributed by atoms with Gasteiger partial charge in [-0.1, -0.05) is 0 Å². The summed E-state index contributed by atoms with van der Waals surface area (Å²) in [5.74, 6) is -4.34. The number of hydrogen-bond donors (Lipinski definition) is 4. The summed E-state index contributed by atoms with van der Waals surface area (Å²) in [5, 5.41) is 38.6. The van der Waals surface area contributed by atoms with Crippen LogP contribution in [0.5, 0.6) is 0 Å². The second kappa shape index (κ2) is 10.8. The molecule has 4 N–H and O–H groups in total. The number of hydrogen-bond acceptors (Lipinski definition) is 9. The number of carboxylic acids is 3. The van der Waals surface area contributed by atoms with Crippen molar-refractivity contribution in [2.45, 2.75) is 57.7 Å². The monoisotopic (exact) mass is 447 g/mol. The molecule has 31 heavy (non-hydrogen) atoms. The van der Waals surface area contributed by atoms with Crippen LogP contribution in [-0.4, -0.2) is 116 Å². The highest BCUT2D eigenvalue weighted by Gasteiger charge is 2.47. The molecular weight excluding hydrogens is 414 g/mol. The van der Waals surface area contributed by atoms with Crippen LogP contribution in [0.25, 0.3) is 0 Å². The number of carboxylic acid groups (broad SMARTS) is 3. The van der Waals surface area contributed by atoms with Gasteiger partial charge in [-0.15, -0.1) is 5.06 Å². The van der Waals surface area contributed by atoms with Gasteiger partial charge >= 0.3 is 23.9 Å². The van der Waals surface area contributed by atoms with Crippen molar-refractivity contribution >= 4 is 23.9 Å². The van der Waals surface area contributed by atoms with Crippen molar-refractivity contribution in [2.75, 3.05) is 39.3 Å². The predicted octanol–water partition coefficient (Wildman–Crippen LogP) is -0.684. The van der Waals surface area contributed by atoms with Crippen LogP contribution >= 0.6 is 0 Å². The van der Waals surface area contributed by atoms with Gasteiger partial charge in [0.2, 0.25) is 0 Å². The van der Waals surface area contributed by atoms with E-state index >= 15 is 0 Å². The number of hydroxylamine groups is 2. The fourth-order valence-electron chi connectivity index (χ4n) is 4.06. The number of rotatable bonds is 12. The summed E-state index contributed by atoms with van der Waals surface area (Å²) in [4.78, 5) is 53.6. The molecule has 1 aliphatic rings. The molecule has 0 aromatic heterocycles. The molecule has 0 unspecified atom stereocenters. The van der Waals surface area contributed by atoms with E-state index in [0.29, 0.717) is 12.8 Å². The molecule has 12 heteroatoms. The van der Waals surface area contributed by atoms with Crippen molar-refractivity contribution in [3.05, 3.63) is 0 Å². The second-order valence-electron chi connectivity index (χ2n) is 9.05. The summed E-state index contributed by atoms with van der Waals surface area (Å²) in [5.41, 5.74) is -1.29. The Morgan fingerprint density at radius 2 is 1.16 bits per heavy atom. The number of aliphatic carboxylic acids is 3. The standard InChI is InChI=1S/C19H33N3O9/c1-18(2)7-13(23)8-19(3,4)22(18)31-17(30)12-21(11-16(28)29)6-5-20(9-14(24)25)10-15(26)27/h13,23H,5-12H2,1-4H3,(H,24,25)(H,26,27)(H,28,29). The fourth-order valence-corrected chi connectivity index (χ4v) is 4.06. The minimum Gasteiger partial charge on any atom is -0.480 e. The normalized spacial score (nSPS) is 18.8. The van der Waals surface area contributed by atoms with Gasteiger partial charge in [0, 0.05) is 13.1 Å². The van der Waals surface area contributed by atoms with E-state index < -0.39 is 60.7 Å². The lowest BCUT2D eigenvalue weighted by Crippen LogP contribution is -2.62. The Labute approximate surface area is 180 Å². The lowest BCUT2D eigenvalue weighted by atomic mass is 9.80. The minimum absolute atomic E-state index is 0.0482. The maximum atomic E-state index is 12.6. The molecule has 0 spiro atoms. The van der Waals surface area contributed by atoms with E-state index in [0.717, 1.165) is 4.90 Å². The van der Waals surface area contributed by atoms with E-state index in [4.69, 9.17) is 20.2 Å². The third-order valence-electron chi connectivity index (χ3n) is 4.92. The predicted molar refractivity (Wildman–Crippen MR) is 107 cm³/mol. The number of nitrogens with zero attached hydrogens (tertiary/aromatic N) is 3. The van der Waals surface area contributed by atoms with Gasteiger partial charge in [-0.25, -0.2) is 4.79 Å². The highest BCUT2D eigenvalue weighted by Crippen LogP contribution is 2.38. The summed E-state index contributed by atoms with van der Waals surface area (Å²) in [6, 6.07) is 0. The van der Waals surface area contributed by atoms with Gasteiger partial charge in [-0.2, -0.15) is 0 Å². The number of aliphatic hydroxyl groups is 1. The Morgan fingerprint density at radius 3 is 1.52 bits per heavy atom. The molecule has 1 rings (SSSR count). The summed E-state index contributed by atoms with van der Waals surface area (Å²) in [6.07, 6.45) is 0.238. The van der Waals surface area contributed by atoms with Crippen LogP contribution in [0, 0.1) is 0 Å². The van der Waals surface area contributed by atoms with Gasteiger partial charge in [-0.05, 0) is 40.5 Å². The molecule has 0 amide bonds. The lowest BCUT2D eigenvalue weighted by Gasteiger charge is -2.51. The van der Waals surface area contributed by atoms with Gasteiger partial charge in [-0.3, -0.25) is 24.2 Å². The Morgan fingerprint density at radius 1 is 0.806 bits per heavy atom. The molecule has 0 radical (unpaired) electrons. The van der Waals surface area contributed by atoms with E-state index in [2.05, 4.69) is 0 Å². The third kappa shape index (κ3) is 9.17. The van der Waals surface area contributed by atoms with Crippen molar-refractivity contribution in [3.63, 3.8) is 0 Å². The molecule has 178 valence electrons. The first-order valence-corrected chi connectivity index (χ1v) is 9.91. The zero-order valence-electron chi connectivity index (χ0n) is 18.4. The molecular formula is C19H33N3O9. The van der Waals surface area contributed by atoms with Crippen LogP contribution in [-0.2, 0) is 24.0 Å². The van der Waals surface area contributed by atoms with E-state index in [1.807, 2.05) is 27.7 Å². The number of piperidine rings is 1. The minimum atomic E-state index is -1.22. The molecule has 0 aliphatic carbocycles.